The Morgan fingerprint density at radius 2 is 1.92 bits per heavy atom. The smallest absolute Gasteiger partial charge is 0.412 e. The van der Waals surface area contributed by atoms with Crippen molar-refractivity contribution in [3.8, 4) is 0 Å². The maximum Gasteiger partial charge on any atom is 0.412 e. The van der Waals surface area contributed by atoms with Crippen LogP contribution in [0.1, 0.15) is 26.3 Å². The molecule has 0 aliphatic carbocycles. The van der Waals surface area contributed by atoms with Crippen LogP contribution in [0.2, 0.25) is 0 Å². The van der Waals surface area contributed by atoms with Crippen molar-refractivity contribution in [2.24, 2.45) is 0 Å². The Labute approximate surface area is 146 Å². The molecule has 0 radical (unpaired) electrons. The zero-order chi connectivity index (χ0) is 18.5. The summed E-state index contributed by atoms with van der Waals surface area (Å²) in [5.41, 5.74) is 0.0292. The zero-order valence-corrected chi connectivity index (χ0v) is 14.7. The van der Waals surface area contributed by atoms with Gasteiger partial charge in [-0.2, -0.15) is 0 Å². The summed E-state index contributed by atoms with van der Waals surface area (Å²) in [5.74, 6) is -2.43. The summed E-state index contributed by atoms with van der Waals surface area (Å²) >= 11 is 0. The van der Waals surface area contributed by atoms with E-state index in [1.807, 2.05) is 0 Å². The lowest BCUT2D eigenvalue weighted by molar-refractivity contribution is -0.210. The second kappa shape index (κ2) is 7.67. The average Bonchev–Trinajstić information content (AvgIpc) is 3.02. The van der Waals surface area contributed by atoms with Crippen LogP contribution in [0.25, 0.3) is 0 Å². The normalized spacial score (nSPS) is 16.1. The first-order valence-corrected chi connectivity index (χ1v) is 7.94. The van der Waals surface area contributed by atoms with Crippen molar-refractivity contribution < 1.29 is 28.5 Å². The number of amides is 1. The van der Waals surface area contributed by atoms with E-state index < -0.39 is 23.5 Å². The second-order valence-electron chi connectivity index (χ2n) is 6.37. The molecule has 0 saturated carbocycles. The van der Waals surface area contributed by atoms with Crippen molar-refractivity contribution in [3.63, 3.8) is 0 Å². The summed E-state index contributed by atoms with van der Waals surface area (Å²) in [6.45, 7) is 9.27. The molecule has 1 fully saturated rings. The summed E-state index contributed by atoms with van der Waals surface area (Å²) in [5, 5.41) is 2.63. The predicted octanol–water partition coefficient (Wildman–Crippen LogP) is 2.96. The summed E-state index contributed by atoms with van der Waals surface area (Å²) in [7, 11) is 0. The molecule has 0 unspecified atom stereocenters. The fraction of sp³-hybridized carbons (Fsp3) is 0.444. The number of hydrogen-bond acceptors (Lipinski definition) is 6. The maximum atomic E-state index is 12.5. The molecular weight excluding hydrogens is 326 g/mol. The first kappa shape index (κ1) is 19.0. The Hall–Kier alpha value is -2.38. The molecule has 1 aromatic rings. The molecule has 0 bridgehead atoms. The van der Waals surface area contributed by atoms with Crippen molar-refractivity contribution in [2.75, 3.05) is 25.1 Å². The van der Waals surface area contributed by atoms with E-state index in [9.17, 15) is 9.59 Å². The van der Waals surface area contributed by atoms with Crippen LogP contribution in [0.4, 0.5) is 10.5 Å². The van der Waals surface area contributed by atoms with E-state index in [2.05, 4.69) is 11.9 Å². The zero-order valence-electron chi connectivity index (χ0n) is 14.7. The van der Waals surface area contributed by atoms with Crippen molar-refractivity contribution >= 4 is 17.7 Å². The number of carbonyl (C=O) groups is 2. The van der Waals surface area contributed by atoms with Crippen LogP contribution in [0, 0.1) is 0 Å². The van der Waals surface area contributed by atoms with Gasteiger partial charge >= 0.3 is 12.1 Å². The minimum Gasteiger partial charge on any atom is -0.457 e. The highest BCUT2D eigenvalue weighted by molar-refractivity contribution is 5.89. The lowest BCUT2D eigenvalue weighted by Gasteiger charge is -2.27. The van der Waals surface area contributed by atoms with Gasteiger partial charge in [-0.3, -0.25) is 5.32 Å². The SMILES string of the molecule is C=CCOC(=O)C1(c2ccccc2NC(=O)OC(C)(C)C)OCCO1. The fourth-order valence-corrected chi connectivity index (χ4v) is 2.32. The quantitative estimate of drug-likeness (QED) is 0.650. The highest BCUT2D eigenvalue weighted by atomic mass is 16.8. The number of esters is 1. The molecule has 7 heteroatoms. The van der Waals surface area contributed by atoms with Gasteiger partial charge in [-0.15, -0.1) is 0 Å². The summed E-state index contributed by atoms with van der Waals surface area (Å²) < 4.78 is 21.5. The Morgan fingerprint density at radius 3 is 2.52 bits per heavy atom. The minimum atomic E-state index is -1.73. The first-order valence-electron chi connectivity index (χ1n) is 7.94. The number of ether oxygens (including phenoxy) is 4. The van der Waals surface area contributed by atoms with Gasteiger partial charge in [0.15, 0.2) is 0 Å². The number of nitrogens with one attached hydrogen (secondary N) is 1. The number of carbonyl (C=O) groups excluding carboxylic acids is 2. The van der Waals surface area contributed by atoms with E-state index in [4.69, 9.17) is 18.9 Å². The molecule has 136 valence electrons. The summed E-state index contributed by atoms with van der Waals surface area (Å²) in [4.78, 5) is 24.6. The standard InChI is InChI=1S/C18H23NO6/c1-5-10-22-15(20)18(23-11-12-24-18)13-8-6-7-9-14(13)19-16(21)25-17(2,3)4/h5-9H,1,10-12H2,2-4H3,(H,19,21). The number of rotatable bonds is 5. The van der Waals surface area contributed by atoms with Gasteiger partial charge in [0, 0.05) is 5.56 Å². The van der Waals surface area contributed by atoms with Gasteiger partial charge in [-0.1, -0.05) is 30.9 Å². The Kier molecular flexibility index (Phi) is 5.81. The van der Waals surface area contributed by atoms with Gasteiger partial charge in [0.25, 0.3) is 5.79 Å². The molecule has 1 amide bonds. The van der Waals surface area contributed by atoms with Crippen LogP contribution < -0.4 is 5.32 Å². The molecule has 1 saturated heterocycles. The molecule has 1 N–H and O–H groups in total. The lowest BCUT2D eigenvalue weighted by atomic mass is 10.0. The van der Waals surface area contributed by atoms with Crippen LogP contribution in [-0.4, -0.2) is 37.5 Å². The van der Waals surface area contributed by atoms with Gasteiger partial charge in [-0.25, -0.2) is 9.59 Å². The van der Waals surface area contributed by atoms with E-state index >= 15 is 0 Å². The first-order chi connectivity index (χ1) is 11.8. The van der Waals surface area contributed by atoms with Gasteiger partial charge in [-0.05, 0) is 26.8 Å². The number of benzene rings is 1. The lowest BCUT2D eigenvalue weighted by Crippen LogP contribution is -2.39. The fourth-order valence-electron chi connectivity index (χ4n) is 2.32. The molecule has 1 aliphatic rings. The summed E-state index contributed by atoms with van der Waals surface area (Å²) in [6, 6.07) is 6.69. The average molecular weight is 349 g/mol. The van der Waals surface area contributed by atoms with Crippen molar-refractivity contribution in [1.29, 1.82) is 0 Å². The number of para-hydroxylation sites is 1. The van der Waals surface area contributed by atoms with Gasteiger partial charge in [0.1, 0.15) is 12.2 Å². The molecule has 7 nitrogen and oxygen atoms in total. The Bertz CT molecular complexity index is 643. The molecule has 0 atom stereocenters. The van der Waals surface area contributed by atoms with Crippen molar-refractivity contribution in [2.45, 2.75) is 32.2 Å². The van der Waals surface area contributed by atoms with E-state index in [1.54, 1.807) is 45.0 Å². The number of hydrogen-bond donors (Lipinski definition) is 1. The highest BCUT2D eigenvalue weighted by Crippen LogP contribution is 2.37. The van der Waals surface area contributed by atoms with Gasteiger partial charge in [0.2, 0.25) is 0 Å². The third-order valence-corrected chi connectivity index (χ3v) is 3.21. The monoisotopic (exact) mass is 349 g/mol. The van der Waals surface area contributed by atoms with Crippen LogP contribution in [0.3, 0.4) is 0 Å². The molecule has 25 heavy (non-hydrogen) atoms. The van der Waals surface area contributed by atoms with Gasteiger partial charge in [0.05, 0.1) is 18.9 Å². The third kappa shape index (κ3) is 4.58. The van der Waals surface area contributed by atoms with Crippen molar-refractivity contribution in [3.05, 3.63) is 42.5 Å². The highest BCUT2D eigenvalue weighted by Gasteiger charge is 2.49. The van der Waals surface area contributed by atoms with Crippen LogP contribution in [0.5, 0.6) is 0 Å². The van der Waals surface area contributed by atoms with Gasteiger partial charge < -0.3 is 18.9 Å². The molecular formula is C18H23NO6. The molecule has 0 spiro atoms. The number of anilines is 1. The van der Waals surface area contributed by atoms with E-state index in [1.165, 1.54) is 6.08 Å². The van der Waals surface area contributed by atoms with E-state index in [-0.39, 0.29) is 19.8 Å². The second-order valence-corrected chi connectivity index (χ2v) is 6.37. The minimum absolute atomic E-state index is 0.0228. The largest absolute Gasteiger partial charge is 0.457 e. The van der Waals surface area contributed by atoms with E-state index in [0.717, 1.165) is 0 Å². The van der Waals surface area contributed by atoms with E-state index in [0.29, 0.717) is 11.3 Å². The molecule has 1 aromatic carbocycles. The van der Waals surface area contributed by atoms with Crippen molar-refractivity contribution in [1.82, 2.24) is 0 Å². The van der Waals surface area contributed by atoms with Crippen LogP contribution in [-0.2, 0) is 29.5 Å². The molecule has 1 heterocycles. The third-order valence-electron chi connectivity index (χ3n) is 3.21. The predicted molar refractivity (Wildman–Crippen MR) is 91.0 cm³/mol. The van der Waals surface area contributed by atoms with Crippen LogP contribution in [0.15, 0.2) is 36.9 Å². The summed E-state index contributed by atoms with van der Waals surface area (Å²) in [6.07, 6.45) is 0.804. The Morgan fingerprint density at radius 1 is 1.28 bits per heavy atom. The topological polar surface area (TPSA) is 83.1 Å². The maximum absolute atomic E-state index is 12.5. The molecule has 0 aromatic heterocycles. The van der Waals surface area contributed by atoms with Crippen LogP contribution >= 0.6 is 0 Å². The molecule has 1 aliphatic heterocycles. The molecule has 2 rings (SSSR count). The Balaban J connectivity index is 2.32.